The van der Waals surface area contributed by atoms with Gasteiger partial charge < -0.3 is 4.90 Å². The molecule has 1 heterocycles. The molecule has 3 aromatic carbocycles. The zero-order chi connectivity index (χ0) is 20.4. The quantitative estimate of drug-likeness (QED) is 0.335. The molecule has 2 atom stereocenters. The number of benzene rings is 3. The first kappa shape index (κ1) is 18.9. The minimum absolute atomic E-state index is 0.00901. The number of rotatable bonds is 5. The Labute approximate surface area is 171 Å². The molecule has 29 heavy (non-hydrogen) atoms. The van der Waals surface area contributed by atoms with Crippen LogP contribution in [0.25, 0.3) is 0 Å². The molecule has 144 valence electrons. The average molecular weight is 381 g/mol. The van der Waals surface area contributed by atoms with Gasteiger partial charge in [0.05, 0.1) is 12.0 Å². The van der Waals surface area contributed by atoms with Crippen LogP contribution in [0, 0.1) is 19.8 Å². The predicted octanol–water partition coefficient (Wildman–Crippen LogP) is 5.45. The molecule has 0 spiro atoms. The second-order valence-electron chi connectivity index (χ2n) is 7.51. The fourth-order valence-corrected chi connectivity index (χ4v) is 3.70. The van der Waals surface area contributed by atoms with E-state index >= 15 is 0 Å². The van der Waals surface area contributed by atoms with Crippen LogP contribution < -0.4 is 4.90 Å². The van der Waals surface area contributed by atoms with Crippen molar-refractivity contribution in [3.8, 4) is 0 Å². The maximum absolute atomic E-state index is 13.0. The van der Waals surface area contributed by atoms with Gasteiger partial charge in [-0.3, -0.25) is 9.59 Å². The molecule has 1 fully saturated rings. The standard InChI is InChI=1S/C26H23NO2/c1-18-8-12-20(13-9-18)24(28)17-16-23-25(21-14-10-19(2)11-15-21)27(26(23)29)22-6-4-3-5-7-22/h3-17,23,25H,1-2H3/b17-16+/t23-,25-/m1/s1. The molecule has 1 saturated heterocycles. The lowest BCUT2D eigenvalue weighted by atomic mass is 9.81. The lowest BCUT2D eigenvalue weighted by Crippen LogP contribution is -2.54. The van der Waals surface area contributed by atoms with Crippen molar-refractivity contribution in [2.45, 2.75) is 19.9 Å². The number of allylic oxidation sites excluding steroid dienone is 1. The number of hydrogen-bond acceptors (Lipinski definition) is 2. The molecule has 3 heteroatoms. The topological polar surface area (TPSA) is 37.4 Å². The van der Waals surface area contributed by atoms with Crippen molar-refractivity contribution in [2.75, 3.05) is 4.90 Å². The van der Waals surface area contributed by atoms with Crippen LogP contribution in [0.1, 0.15) is 33.1 Å². The van der Waals surface area contributed by atoms with Gasteiger partial charge in [-0.25, -0.2) is 0 Å². The first-order chi connectivity index (χ1) is 14.0. The van der Waals surface area contributed by atoms with Crippen LogP contribution in [0.3, 0.4) is 0 Å². The molecule has 1 aliphatic heterocycles. The fourth-order valence-electron chi connectivity index (χ4n) is 3.70. The average Bonchev–Trinajstić information content (AvgIpc) is 2.74. The SMILES string of the molecule is Cc1ccc(C(=O)/C=C/[C@H]2C(=O)N(c3ccccc3)[C@@H]2c2ccc(C)cc2)cc1. The molecular formula is C26H23NO2. The Morgan fingerprint density at radius 1 is 0.828 bits per heavy atom. The highest BCUT2D eigenvalue weighted by Gasteiger charge is 2.47. The van der Waals surface area contributed by atoms with E-state index in [1.807, 2.05) is 73.3 Å². The Kier molecular flexibility index (Phi) is 5.13. The minimum Gasteiger partial charge on any atom is -0.303 e. The van der Waals surface area contributed by atoms with Gasteiger partial charge in [-0.05, 0) is 37.6 Å². The van der Waals surface area contributed by atoms with Crippen LogP contribution in [-0.2, 0) is 4.79 Å². The lowest BCUT2D eigenvalue weighted by molar-refractivity contribution is -0.128. The van der Waals surface area contributed by atoms with Gasteiger partial charge in [0.15, 0.2) is 5.78 Å². The monoisotopic (exact) mass is 381 g/mol. The second kappa shape index (κ2) is 7.88. The molecule has 0 aliphatic carbocycles. The van der Waals surface area contributed by atoms with Crippen LogP contribution >= 0.6 is 0 Å². The smallest absolute Gasteiger partial charge is 0.236 e. The third kappa shape index (κ3) is 3.77. The molecule has 0 radical (unpaired) electrons. The molecule has 1 amide bonds. The maximum Gasteiger partial charge on any atom is 0.236 e. The summed E-state index contributed by atoms with van der Waals surface area (Å²) in [5.41, 5.74) is 4.85. The highest BCUT2D eigenvalue weighted by atomic mass is 16.2. The summed E-state index contributed by atoms with van der Waals surface area (Å²) in [5.74, 6) is -0.430. The number of nitrogens with zero attached hydrogens (tertiary/aromatic N) is 1. The largest absolute Gasteiger partial charge is 0.303 e. The summed E-state index contributed by atoms with van der Waals surface area (Å²) in [6.45, 7) is 4.03. The maximum atomic E-state index is 13.0. The zero-order valence-electron chi connectivity index (χ0n) is 16.6. The Balaban J connectivity index is 1.62. The number of aryl methyl sites for hydroxylation is 2. The summed E-state index contributed by atoms with van der Waals surface area (Å²) >= 11 is 0. The third-order valence-corrected chi connectivity index (χ3v) is 5.39. The minimum atomic E-state index is -0.354. The van der Waals surface area contributed by atoms with Gasteiger partial charge in [0.1, 0.15) is 0 Å². The molecule has 0 N–H and O–H groups in total. The van der Waals surface area contributed by atoms with E-state index in [2.05, 4.69) is 24.3 Å². The van der Waals surface area contributed by atoms with Crippen LogP contribution in [0.15, 0.2) is 91.0 Å². The fraction of sp³-hybridized carbons (Fsp3) is 0.154. The number of hydrogen-bond donors (Lipinski definition) is 0. The zero-order valence-corrected chi connectivity index (χ0v) is 16.6. The van der Waals surface area contributed by atoms with Crippen molar-refractivity contribution < 1.29 is 9.59 Å². The van der Waals surface area contributed by atoms with Crippen molar-refractivity contribution in [1.29, 1.82) is 0 Å². The Hall–Kier alpha value is -3.46. The number of anilines is 1. The van der Waals surface area contributed by atoms with Crippen molar-refractivity contribution in [2.24, 2.45) is 5.92 Å². The lowest BCUT2D eigenvalue weighted by Gasteiger charge is -2.46. The molecule has 3 aromatic rings. The number of para-hydroxylation sites is 1. The van der Waals surface area contributed by atoms with Crippen molar-refractivity contribution in [3.05, 3.63) is 113 Å². The second-order valence-corrected chi connectivity index (χ2v) is 7.51. The van der Waals surface area contributed by atoms with Crippen LogP contribution in [0.2, 0.25) is 0 Å². The summed E-state index contributed by atoms with van der Waals surface area (Å²) in [4.78, 5) is 27.3. The number of ketones is 1. The van der Waals surface area contributed by atoms with Crippen molar-refractivity contribution in [3.63, 3.8) is 0 Å². The molecule has 0 bridgehead atoms. The van der Waals surface area contributed by atoms with Gasteiger partial charge in [-0.15, -0.1) is 0 Å². The van der Waals surface area contributed by atoms with E-state index < -0.39 is 0 Å². The molecule has 3 nitrogen and oxygen atoms in total. The Bertz CT molecular complexity index is 1050. The number of carbonyl (C=O) groups is 2. The van der Waals surface area contributed by atoms with Crippen molar-refractivity contribution in [1.82, 2.24) is 0 Å². The highest BCUT2D eigenvalue weighted by molar-refractivity contribution is 6.07. The van der Waals surface area contributed by atoms with E-state index in [9.17, 15) is 9.59 Å². The van der Waals surface area contributed by atoms with E-state index in [-0.39, 0.29) is 23.7 Å². The summed E-state index contributed by atoms with van der Waals surface area (Å²) in [6, 6.07) is 25.3. The van der Waals surface area contributed by atoms with Gasteiger partial charge in [-0.2, -0.15) is 0 Å². The summed E-state index contributed by atoms with van der Waals surface area (Å²) in [7, 11) is 0. The summed E-state index contributed by atoms with van der Waals surface area (Å²) in [6.07, 6.45) is 3.30. The molecule has 1 aliphatic rings. The van der Waals surface area contributed by atoms with E-state index in [1.165, 1.54) is 11.6 Å². The molecule has 0 saturated carbocycles. The first-order valence-corrected chi connectivity index (χ1v) is 9.78. The van der Waals surface area contributed by atoms with Crippen LogP contribution in [-0.4, -0.2) is 11.7 Å². The summed E-state index contributed by atoms with van der Waals surface area (Å²) < 4.78 is 0. The number of amides is 1. The Morgan fingerprint density at radius 3 is 2.03 bits per heavy atom. The molecule has 0 unspecified atom stereocenters. The van der Waals surface area contributed by atoms with E-state index in [4.69, 9.17) is 0 Å². The predicted molar refractivity (Wildman–Crippen MR) is 116 cm³/mol. The number of β-lactam (4-membered cyclic amide) rings is 1. The van der Waals surface area contributed by atoms with Gasteiger partial charge in [0.2, 0.25) is 5.91 Å². The Morgan fingerprint density at radius 2 is 1.41 bits per heavy atom. The van der Waals surface area contributed by atoms with Crippen LogP contribution in [0.5, 0.6) is 0 Å². The van der Waals surface area contributed by atoms with Gasteiger partial charge in [0.25, 0.3) is 0 Å². The summed E-state index contributed by atoms with van der Waals surface area (Å²) in [5, 5.41) is 0. The highest BCUT2D eigenvalue weighted by Crippen LogP contribution is 2.44. The molecule has 0 aromatic heterocycles. The first-order valence-electron chi connectivity index (χ1n) is 9.78. The van der Waals surface area contributed by atoms with E-state index in [1.54, 1.807) is 6.08 Å². The normalized spacial score (nSPS) is 18.7. The molecular weight excluding hydrogens is 358 g/mol. The molecule has 4 rings (SSSR count). The van der Waals surface area contributed by atoms with E-state index in [0.717, 1.165) is 16.8 Å². The van der Waals surface area contributed by atoms with Crippen molar-refractivity contribution >= 4 is 17.4 Å². The van der Waals surface area contributed by atoms with Gasteiger partial charge >= 0.3 is 0 Å². The van der Waals surface area contributed by atoms with E-state index in [0.29, 0.717) is 5.56 Å². The van der Waals surface area contributed by atoms with Gasteiger partial charge in [0, 0.05) is 11.3 Å². The van der Waals surface area contributed by atoms with Crippen LogP contribution in [0.4, 0.5) is 5.69 Å². The number of carbonyl (C=O) groups excluding carboxylic acids is 2. The van der Waals surface area contributed by atoms with Gasteiger partial charge in [-0.1, -0.05) is 83.9 Å². The third-order valence-electron chi connectivity index (χ3n) is 5.39.